The van der Waals surface area contributed by atoms with E-state index in [1.165, 1.54) is 32.4 Å². The summed E-state index contributed by atoms with van der Waals surface area (Å²) in [6.45, 7) is 6.34. The molecule has 0 saturated carbocycles. The van der Waals surface area contributed by atoms with Gasteiger partial charge in [-0.05, 0) is 76.2 Å². The molecule has 0 aliphatic carbocycles. The van der Waals surface area contributed by atoms with Crippen molar-refractivity contribution in [3.63, 3.8) is 0 Å². The van der Waals surface area contributed by atoms with Crippen molar-refractivity contribution in [2.75, 3.05) is 38.1 Å². The number of hydrogen-bond acceptors (Lipinski definition) is 6. The summed E-state index contributed by atoms with van der Waals surface area (Å²) >= 11 is 0. The van der Waals surface area contributed by atoms with Crippen molar-refractivity contribution in [3.8, 4) is 11.5 Å². The molecular weight excluding hydrogens is 402 g/mol. The van der Waals surface area contributed by atoms with Gasteiger partial charge in [-0.2, -0.15) is 0 Å². The van der Waals surface area contributed by atoms with Gasteiger partial charge >= 0.3 is 5.97 Å². The Labute approximate surface area is 189 Å². The third-order valence-corrected chi connectivity index (χ3v) is 5.72. The molecule has 1 N–H and O–H groups in total. The number of pyridine rings is 1. The second-order valence-electron chi connectivity index (χ2n) is 8.04. The molecule has 0 unspecified atom stereocenters. The molecular formula is C26H31N3O3. The highest BCUT2D eigenvalue weighted by Gasteiger charge is 2.17. The Hall–Kier alpha value is -3.12. The summed E-state index contributed by atoms with van der Waals surface area (Å²) in [6.07, 6.45) is 6.53. The maximum Gasteiger partial charge on any atom is 0.341 e. The highest BCUT2D eigenvalue weighted by Crippen LogP contribution is 2.31. The van der Waals surface area contributed by atoms with Gasteiger partial charge in [0.1, 0.15) is 17.1 Å². The molecule has 0 bridgehead atoms. The molecule has 1 saturated heterocycles. The molecule has 1 aromatic heterocycles. The van der Waals surface area contributed by atoms with E-state index in [0.29, 0.717) is 17.9 Å². The minimum atomic E-state index is -0.366. The number of benzene rings is 2. The molecule has 32 heavy (non-hydrogen) atoms. The van der Waals surface area contributed by atoms with Crippen molar-refractivity contribution in [1.82, 2.24) is 9.88 Å². The molecule has 0 amide bonds. The van der Waals surface area contributed by atoms with Crippen molar-refractivity contribution >= 4 is 22.6 Å². The molecule has 2 heterocycles. The van der Waals surface area contributed by atoms with Crippen molar-refractivity contribution in [2.45, 2.75) is 32.6 Å². The van der Waals surface area contributed by atoms with Crippen LogP contribution in [0.2, 0.25) is 0 Å². The van der Waals surface area contributed by atoms with E-state index in [1.54, 1.807) is 6.20 Å². The van der Waals surface area contributed by atoms with Crippen LogP contribution in [0.15, 0.2) is 54.7 Å². The Morgan fingerprint density at radius 3 is 2.66 bits per heavy atom. The molecule has 4 rings (SSSR count). The Balaban J connectivity index is 1.57. The van der Waals surface area contributed by atoms with Crippen LogP contribution in [0.3, 0.4) is 0 Å². The van der Waals surface area contributed by atoms with Gasteiger partial charge in [0.05, 0.1) is 17.8 Å². The summed E-state index contributed by atoms with van der Waals surface area (Å²) in [6, 6.07) is 15.4. The number of fused-ring (bicyclic) bond motifs is 1. The number of carbonyl (C=O) groups excluding carboxylic acids is 1. The maximum atomic E-state index is 12.6. The van der Waals surface area contributed by atoms with Gasteiger partial charge in [-0.15, -0.1) is 0 Å². The van der Waals surface area contributed by atoms with Gasteiger partial charge in [0.2, 0.25) is 0 Å². The Morgan fingerprint density at radius 1 is 1.06 bits per heavy atom. The molecule has 2 aromatic carbocycles. The second kappa shape index (κ2) is 11.0. The normalized spacial score (nSPS) is 14.3. The lowest BCUT2D eigenvalue weighted by molar-refractivity contribution is 0.0527. The monoisotopic (exact) mass is 433 g/mol. The maximum absolute atomic E-state index is 12.6. The summed E-state index contributed by atoms with van der Waals surface area (Å²) in [7, 11) is 0. The molecule has 6 nitrogen and oxygen atoms in total. The van der Waals surface area contributed by atoms with Gasteiger partial charge in [0.15, 0.2) is 0 Å². The minimum Gasteiger partial charge on any atom is -0.462 e. The summed E-state index contributed by atoms with van der Waals surface area (Å²) in [5, 5.41) is 4.35. The summed E-state index contributed by atoms with van der Waals surface area (Å²) < 4.78 is 11.3. The number of hydrogen-bond donors (Lipinski definition) is 1. The second-order valence-corrected chi connectivity index (χ2v) is 8.04. The third-order valence-electron chi connectivity index (χ3n) is 5.72. The Bertz CT molecular complexity index is 1030. The van der Waals surface area contributed by atoms with E-state index in [0.717, 1.165) is 41.9 Å². The molecule has 0 spiro atoms. The van der Waals surface area contributed by atoms with Gasteiger partial charge in [-0.3, -0.25) is 4.98 Å². The van der Waals surface area contributed by atoms with E-state index in [-0.39, 0.29) is 5.97 Å². The third kappa shape index (κ3) is 5.56. The van der Waals surface area contributed by atoms with Crippen LogP contribution >= 0.6 is 0 Å². The first-order valence-electron chi connectivity index (χ1n) is 11.5. The highest BCUT2D eigenvalue weighted by molar-refractivity contribution is 6.05. The van der Waals surface area contributed by atoms with E-state index in [2.05, 4.69) is 15.2 Å². The number of carbonyl (C=O) groups is 1. The first kappa shape index (κ1) is 22.1. The molecule has 3 aromatic rings. The van der Waals surface area contributed by atoms with Crippen LogP contribution in [0, 0.1) is 0 Å². The standard InChI is InChI=1S/C26H31N3O3/c1-2-31-26(30)23-19-28-24-13-12-21(32-20-10-5-3-6-11-20)18-22(24)25(23)27-14-9-17-29-15-7-4-8-16-29/h3,5-6,10-13,18-19H,2,4,7-9,14-17H2,1H3,(H,27,28). The number of nitrogens with one attached hydrogen (secondary N) is 1. The zero-order valence-electron chi connectivity index (χ0n) is 18.7. The van der Waals surface area contributed by atoms with Crippen LogP contribution in [0.25, 0.3) is 10.9 Å². The Kier molecular flexibility index (Phi) is 7.56. The van der Waals surface area contributed by atoms with E-state index >= 15 is 0 Å². The first-order valence-corrected chi connectivity index (χ1v) is 11.5. The van der Waals surface area contributed by atoms with E-state index in [9.17, 15) is 4.79 Å². The molecule has 168 valence electrons. The molecule has 6 heteroatoms. The number of likely N-dealkylation sites (tertiary alicyclic amines) is 1. The zero-order chi connectivity index (χ0) is 22.2. The van der Waals surface area contributed by atoms with Gasteiger partial charge in [0.25, 0.3) is 0 Å². The number of nitrogens with zero attached hydrogens (tertiary/aromatic N) is 2. The number of ether oxygens (including phenoxy) is 2. The summed E-state index contributed by atoms with van der Waals surface area (Å²) in [4.78, 5) is 19.6. The summed E-state index contributed by atoms with van der Waals surface area (Å²) in [5.41, 5.74) is 2.01. The molecule has 0 atom stereocenters. The first-order chi connectivity index (χ1) is 15.7. The van der Waals surface area contributed by atoms with Crippen LogP contribution in [0.4, 0.5) is 5.69 Å². The number of piperidine rings is 1. The van der Waals surface area contributed by atoms with Crippen LogP contribution in [0.5, 0.6) is 11.5 Å². The lowest BCUT2D eigenvalue weighted by Gasteiger charge is -2.26. The number of aromatic nitrogens is 1. The van der Waals surface area contributed by atoms with Crippen molar-refractivity contribution < 1.29 is 14.3 Å². The van der Waals surface area contributed by atoms with Crippen LogP contribution in [0.1, 0.15) is 43.0 Å². The number of para-hydroxylation sites is 1. The van der Waals surface area contributed by atoms with Crippen LogP contribution in [-0.2, 0) is 4.74 Å². The largest absolute Gasteiger partial charge is 0.462 e. The average Bonchev–Trinajstić information content (AvgIpc) is 2.83. The predicted molar refractivity (Wildman–Crippen MR) is 128 cm³/mol. The van der Waals surface area contributed by atoms with Gasteiger partial charge < -0.3 is 19.7 Å². The smallest absolute Gasteiger partial charge is 0.341 e. The van der Waals surface area contributed by atoms with Crippen molar-refractivity contribution in [2.24, 2.45) is 0 Å². The quantitative estimate of drug-likeness (QED) is 0.356. The number of anilines is 1. The van der Waals surface area contributed by atoms with E-state index in [4.69, 9.17) is 9.47 Å². The molecule has 1 aliphatic rings. The lowest BCUT2D eigenvalue weighted by Crippen LogP contribution is -2.31. The fourth-order valence-corrected chi connectivity index (χ4v) is 4.11. The fourth-order valence-electron chi connectivity index (χ4n) is 4.11. The van der Waals surface area contributed by atoms with Gasteiger partial charge in [-0.1, -0.05) is 24.6 Å². The van der Waals surface area contributed by atoms with E-state index in [1.807, 2.05) is 55.5 Å². The minimum absolute atomic E-state index is 0.322. The molecule has 1 aliphatic heterocycles. The van der Waals surface area contributed by atoms with Gasteiger partial charge in [0, 0.05) is 18.1 Å². The molecule has 0 radical (unpaired) electrons. The van der Waals surface area contributed by atoms with Crippen LogP contribution < -0.4 is 10.1 Å². The van der Waals surface area contributed by atoms with Crippen LogP contribution in [-0.4, -0.2) is 48.6 Å². The number of rotatable bonds is 9. The number of esters is 1. The SMILES string of the molecule is CCOC(=O)c1cnc2ccc(Oc3ccccc3)cc2c1NCCCN1CCCCC1. The zero-order valence-corrected chi connectivity index (χ0v) is 18.7. The fraction of sp³-hybridized carbons (Fsp3) is 0.385. The summed E-state index contributed by atoms with van der Waals surface area (Å²) in [5.74, 6) is 1.09. The van der Waals surface area contributed by atoms with Gasteiger partial charge in [-0.25, -0.2) is 4.79 Å². The topological polar surface area (TPSA) is 63.7 Å². The Morgan fingerprint density at radius 2 is 1.88 bits per heavy atom. The average molecular weight is 434 g/mol. The van der Waals surface area contributed by atoms with Crippen molar-refractivity contribution in [3.05, 3.63) is 60.3 Å². The lowest BCUT2D eigenvalue weighted by atomic mass is 10.1. The predicted octanol–water partition coefficient (Wildman–Crippen LogP) is 5.49. The highest BCUT2D eigenvalue weighted by atomic mass is 16.5. The van der Waals surface area contributed by atoms with E-state index < -0.39 is 0 Å². The van der Waals surface area contributed by atoms with Crippen molar-refractivity contribution in [1.29, 1.82) is 0 Å². The molecule has 1 fully saturated rings.